The molecule has 2 rings (SSSR count). The van der Waals surface area contributed by atoms with Crippen LogP contribution in [0.3, 0.4) is 0 Å². The topological polar surface area (TPSA) is 215 Å². The molecule has 14 nitrogen and oxygen atoms in total. The highest BCUT2D eigenvalue weighted by Gasteiger charge is 2.26. The van der Waals surface area contributed by atoms with E-state index in [9.17, 15) is 24.3 Å². The summed E-state index contributed by atoms with van der Waals surface area (Å²) in [4.78, 5) is 57.1. The minimum atomic E-state index is -1.12. The number of carbonyl (C=O) groups is 4. The number of dihydropyridines is 1. The summed E-state index contributed by atoms with van der Waals surface area (Å²) in [6, 6.07) is 1.55. The van der Waals surface area contributed by atoms with Crippen LogP contribution in [0.5, 0.6) is 5.88 Å². The number of anilines is 1. The Balaban J connectivity index is 2.11. The summed E-state index contributed by atoms with van der Waals surface area (Å²) in [6.07, 6.45) is -0.566. The third kappa shape index (κ3) is 8.30. The number of aliphatic imine (C=N–C) groups is 1. The summed E-state index contributed by atoms with van der Waals surface area (Å²) in [6.45, 7) is 3.53. The molecule has 2 amide bonds. The number of pyridine rings is 1. The Bertz CT molecular complexity index is 1130. The molecule has 0 aromatic carbocycles. The highest BCUT2D eigenvalue weighted by Crippen LogP contribution is 2.24. The number of aliphatic hydroxyl groups excluding tert-OH is 1. The Hall–Kier alpha value is -4.49. The van der Waals surface area contributed by atoms with Gasteiger partial charge < -0.3 is 35.7 Å². The van der Waals surface area contributed by atoms with Crippen molar-refractivity contribution in [3.8, 4) is 5.88 Å². The molecule has 0 radical (unpaired) electrons. The summed E-state index contributed by atoms with van der Waals surface area (Å²) in [5, 5.41) is 22.9. The molecule has 0 spiro atoms. The van der Waals surface area contributed by atoms with Crippen LogP contribution in [0, 0.1) is 5.41 Å². The number of nitrogens with two attached hydrogens (primary N) is 1. The normalized spacial score (nSPS) is 13.8. The third-order valence-corrected chi connectivity index (χ3v) is 4.95. The predicted octanol–water partition coefficient (Wildman–Crippen LogP) is 0.974. The van der Waals surface area contributed by atoms with E-state index in [2.05, 4.69) is 20.6 Å². The zero-order valence-corrected chi connectivity index (χ0v) is 20.8. The second-order valence-corrected chi connectivity index (χ2v) is 7.65. The Morgan fingerprint density at radius 3 is 2.51 bits per heavy atom. The maximum Gasteiger partial charge on any atom is 0.328 e. The van der Waals surface area contributed by atoms with E-state index in [1.807, 2.05) is 0 Å². The molecule has 1 aliphatic rings. The first-order chi connectivity index (χ1) is 17.6. The Morgan fingerprint density at radius 2 is 1.89 bits per heavy atom. The average Bonchev–Trinajstić information content (AvgIpc) is 2.84. The van der Waals surface area contributed by atoms with Crippen molar-refractivity contribution in [1.29, 1.82) is 5.41 Å². The molecule has 2 heterocycles. The number of amidine groups is 2. The number of aromatic nitrogens is 1. The molecule has 1 aliphatic heterocycles. The third-order valence-electron chi connectivity index (χ3n) is 4.95. The van der Waals surface area contributed by atoms with Gasteiger partial charge in [0.1, 0.15) is 29.0 Å². The van der Waals surface area contributed by atoms with Crippen molar-refractivity contribution in [2.24, 2.45) is 10.7 Å². The summed E-state index contributed by atoms with van der Waals surface area (Å²) in [7, 11) is 1.28. The van der Waals surface area contributed by atoms with Gasteiger partial charge >= 0.3 is 11.9 Å². The van der Waals surface area contributed by atoms with Crippen LogP contribution in [0.25, 0.3) is 0 Å². The van der Waals surface area contributed by atoms with Gasteiger partial charge in [0.2, 0.25) is 11.8 Å². The second kappa shape index (κ2) is 13.6. The number of amides is 2. The van der Waals surface area contributed by atoms with Crippen LogP contribution in [0.1, 0.15) is 50.0 Å². The minimum absolute atomic E-state index is 0.0300. The van der Waals surface area contributed by atoms with Crippen LogP contribution in [0.15, 0.2) is 28.5 Å². The molecule has 1 aromatic heterocycles. The smallest absolute Gasteiger partial charge is 0.328 e. The van der Waals surface area contributed by atoms with E-state index in [1.165, 1.54) is 19.2 Å². The van der Waals surface area contributed by atoms with Crippen LogP contribution in [-0.4, -0.2) is 71.9 Å². The van der Waals surface area contributed by atoms with Gasteiger partial charge in [0.05, 0.1) is 33.2 Å². The van der Waals surface area contributed by atoms with E-state index in [0.717, 1.165) is 0 Å². The fourth-order valence-corrected chi connectivity index (χ4v) is 3.24. The molecule has 0 saturated heterocycles. The van der Waals surface area contributed by atoms with Crippen molar-refractivity contribution in [3.05, 3.63) is 29.2 Å². The minimum Gasteiger partial charge on any atom is -0.511 e. The number of ether oxygens (including phenoxy) is 3. The van der Waals surface area contributed by atoms with Crippen LogP contribution < -0.4 is 21.1 Å². The quantitative estimate of drug-likeness (QED) is 0.247. The highest BCUT2D eigenvalue weighted by molar-refractivity contribution is 6.11. The van der Waals surface area contributed by atoms with Crippen molar-refractivity contribution in [3.63, 3.8) is 0 Å². The maximum atomic E-state index is 12.8. The number of hydrogen-bond donors (Lipinski definition) is 5. The Kier molecular flexibility index (Phi) is 10.5. The van der Waals surface area contributed by atoms with Crippen LogP contribution in [-0.2, 0) is 23.9 Å². The predicted molar refractivity (Wildman–Crippen MR) is 131 cm³/mol. The lowest BCUT2D eigenvalue weighted by Crippen LogP contribution is -2.42. The molecule has 0 fully saturated rings. The van der Waals surface area contributed by atoms with Gasteiger partial charge in [-0.05, 0) is 32.4 Å². The molecule has 0 bridgehead atoms. The molecule has 6 N–H and O–H groups in total. The van der Waals surface area contributed by atoms with Crippen LogP contribution >= 0.6 is 0 Å². The van der Waals surface area contributed by atoms with Gasteiger partial charge in [0, 0.05) is 12.0 Å². The van der Waals surface area contributed by atoms with Gasteiger partial charge in [-0.2, -0.15) is 0 Å². The van der Waals surface area contributed by atoms with Crippen molar-refractivity contribution in [1.82, 2.24) is 10.3 Å². The molecule has 0 saturated carbocycles. The number of nitrogens with zero attached hydrogens (tertiary/aromatic N) is 2. The number of esters is 2. The van der Waals surface area contributed by atoms with Crippen LogP contribution in [0.2, 0.25) is 0 Å². The van der Waals surface area contributed by atoms with Crippen LogP contribution in [0.4, 0.5) is 5.69 Å². The number of nitrogens with one attached hydrogen (secondary N) is 3. The zero-order chi connectivity index (χ0) is 27.5. The fourth-order valence-electron chi connectivity index (χ4n) is 3.24. The van der Waals surface area contributed by atoms with Gasteiger partial charge in [0.25, 0.3) is 5.91 Å². The number of carbonyl (C=O) groups excluding carboxylic acids is 4. The number of aliphatic hydroxyl groups is 1. The summed E-state index contributed by atoms with van der Waals surface area (Å²) < 4.78 is 15.0. The molecule has 0 aliphatic carbocycles. The SMILES string of the molecule is CCOC(=O)CC[C@H](NC(=O)c1ccc(NC(=O)CC2=C(O)CC(N)=NC2=N)c(OC)n1)C(=O)OCC. The summed E-state index contributed by atoms with van der Waals surface area (Å²) in [5.74, 6) is -3.13. The molecular weight excluding hydrogens is 488 g/mol. The van der Waals surface area contributed by atoms with E-state index in [1.54, 1.807) is 13.8 Å². The first kappa shape index (κ1) is 28.7. The van der Waals surface area contributed by atoms with Gasteiger partial charge in [-0.1, -0.05) is 0 Å². The average molecular weight is 519 g/mol. The number of rotatable bonds is 12. The lowest BCUT2D eigenvalue weighted by molar-refractivity contribution is -0.146. The van der Waals surface area contributed by atoms with Gasteiger partial charge in [-0.3, -0.25) is 19.8 Å². The molecule has 1 aromatic rings. The van der Waals surface area contributed by atoms with Crippen molar-refractivity contribution in [2.45, 2.75) is 45.6 Å². The molecule has 1 atom stereocenters. The number of methoxy groups -OCH3 is 1. The Morgan fingerprint density at radius 1 is 1.19 bits per heavy atom. The van der Waals surface area contributed by atoms with Gasteiger partial charge in [-0.15, -0.1) is 0 Å². The molecule has 0 unspecified atom stereocenters. The van der Waals surface area contributed by atoms with E-state index in [-0.39, 0.29) is 79.2 Å². The molecular formula is C23H30N6O8. The molecule has 14 heteroatoms. The summed E-state index contributed by atoms with van der Waals surface area (Å²) in [5.41, 5.74) is 5.55. The Labute approximate surface area is 212 Å². The van der Waals surface area contributed by atoms with Crippen molar-refractivity contribution >= 4 is 41.1 Å². The highest BCUT2D eigenvalue weighted by atomic mass is 16.5. The standard InChI is InChI=1S/C23H30N6O8/c1-4-36-19(32)9-8-15(23(34)37-5-2)27-21(33)13-6-7-14(22(28-13)35-3)26-18(31)10-12-16(30)11-17(24)29-20(12)25/h6-7,15,30H,4-5,8-11H2,1-3H3,(H,26,31)(H,27,33)(H3,24,25,29)/t15-/m0/s1. The van der Waals surface area contributed by atoms with E-state index in [4.69, 9.17) is 25.4 Å². The monoisotopic (exact) mass is 518 g/mol. The summed E-state index contributed by atoms with van der Waals surface area (Å²) >= 11 is 0. The molecule has 37 heavy (non-hydrogen) atoms. The largest absolute Gasteiger partial charge is 0.511 e. The van der Waals surface area contributed by atoms with E-state index < -0.39 is 29.8 Å². The van der Waals surface area contributed by atoms with E-state index in [0.29, 0.717) is 0 Å². The maximum absolute atomic E-state index is 12.8. The lowest BCUT2D eigenvalue weighted by Gasteiger charge is -2.17. The molecule has 200 valence electrons. The number of hydrogen-bond acceptors (Lipinski definition) is 11. The van der Waals surface area contributed by atoms with Gasteiger partial charge in [0.15, 0.2) is 5.84 Å². The first-order valence-electron chi connectivity index (χ1n) is 11.4. The van der Waals surface area contributed by atoms with E-state index >= 15 is 0 Å². The fraction of sp³-hybridized carbons (Fsp3) is 0.435. The van der Waals surface area contributed by atoms with Crippen molar-refractivity contribution in [2.75, 3.05) is 25.6 Å². The lowest BCUT2D eigenvalue weighted by atomic mass is 10.0. The zero-order valence-electron chi connectivity index (χ0n) is 20.8. The van der Waals surface area contributed by atoms with Gasteiger partial charge in [-0.25, -0.2) is 14.8 Å². The first-order valence-corrected chi connectivity index (χ1v) is 11.4. The van der Waals surface area contributed by atoms with Crippen molar-refractivity contribution < 1.29 is 38.5 Å². The second-order valence-electron chi connectivity index (χ2n) is 7.65.